The zero-order valence-corrected chi connectivity index (χ0v) is 13.1. The van der Waals surface area contributed by atoms with Crippen LogP contribution in [0, 0.1) is 5.41 Å². The van der Waals surface area contributed by atoms with Gasteiger partial charge in [0.25, 0.3) is 0 Å². The topological polar surface area (TPSA) is 32.5 Å². The minimum Gasteiger partial charge on any atom is -0.330 e. The summed E-state index contributed by atoms with van der Waals surface area (Å²) in [6, 6.07) is 0. The highest BCUT2D eigenvalue weighted by Crippen LogP contribution is 2.37. The molecule has 0 amide bonds. The second-order valence-corrected chi connectivity index (χ2v) is 6.91. The lowest BCUT2D eigenvalue weighted by atomic mass is 9.75. The number of nitrogens with zero attached hydrogens (tertiary/aromatic N) is 2. The molecule has 0 aromatic carbocycles. The van der Waals surface area contributed by atoms with Gasteiger partial charge in [-0.1, -0.05) is 20.3 Å². The van der Waals surface area contributed by atoms with E-state index < -0.39 is 0 Å². The minimum atomic E-state index is 0.279. The number of likely N-dealkylation sites (N-methyl/N-ethyl adjacent to an activating group) is 2. The van der Waals surface area contributed by atoms with Crippen molar-refractivity contribution in [1.29, 1.82) is 0 Å². The highest BCUT2D eigenvalue weighted by atomic mass is 15.2. The fourth-order valence-corrected chi connectivity index (χ4v) is 3.39. The van der Waals surface area contributed by atoms with E-state index >= 15 is 0 Å². The van der Waals surface area contributed by atoms with Crippen LogP contribution in [0.5, 0.6) is 0 Å². The van der Waals surface area contributed by atoms with Gasteiger partial charge in [0.05, 0.1) is 0 Å². The Kier molecular flexibility index (Phi) is 5.63. The Bertz CT molecular complexity index is 248. The molecule has 3 nitrogen and oxygen atoms in total. The van der Waals surface area contributed by atoms with Crippen LogP contribution in [0.2, 0.25) is 0 Å². The van der Waals surface area contributed by atoms with E-state index in [9.17, 15) is 0 Å². The molecule has 0 saturated heterocycles. The third kappa shape index (κ3) is 3.69. The first-order valence-electron chi connectivity index (χ1n) is 7.43. The maximum atomic E-state index is 5.97. The average molecular weight is 255 g/mol. The Balaban J connectivity index is 2.52. The van der Waals surface area contributed by atoms with Crippen LogP contribution in [0.3, 0.4) is 0 Å². The largest absolute Gasteiger partial charge is 0.330 e. The van der Waals surface area contributed by atoms with Gasteiger partial charge in [-0.3, -0.25) is 0 Å². The highest BCUT2D eigenvalue weighted by molar-refractivity contribution is 4.98. The first kappa shape index (κ1) is 15.9. The smallest absolute Gasteiger partial charge is 0.0330 e. The highest BCUT2D eigenvalue weighted by Gasteiger charge is 2.40. The predicted molar refractivity (Wildman–Crippen MR) is 79.8 cm³/mol. The van der Waals surface area contributed by atoms with Crippen molar-refractivity contribution in [3.8, 4) is 0 Å². The Morgan fingerprint density at radius 1 is 1.22 bits per heavy atom. The predicted octanol–water partition coefficient (Wildman–Crippen LogP) is 2.17. The summed E-state index contributed by atoms with van der Waals surface area (Å²) in [6.45, 7) is 7.67. The molecular formula is C15H33N3. The zero-order chi connectivity index (χ0) is 13.8. The first-order valence-corrected chi connectivity index (χ1v) is 7.43. The number of rotatable bonds is 8. The van der Waals surface area contributed by atoms with E-state index in [1.165, 1.54) is 38.6 Å². The summed E-state index contributed by atoms with van der Waals surface area (Å²) in [4.78, 5) is 4.92. The van der Waals surface area contributed by atoms with Gasteiger partial charge in [-0.05, 0) is 58.8 Å². The molecule has 1 unspecified atom stereocenters. The molecule has 1 atom stereocenters. The van der Waals surface area contributed by atoms with E-state index in [0.29, 0.717) is 5.54 Å². The van der Waals surface area contributed by atoms with E-state index in [0.717, 1.165) is 13.1 Å². The molecule has 0 radical (unpaired) electrons. The van der Waals surface area contributed by atoms with Gasteiger partial charge in [-0.15, -0.1) is 0 Å². The molecular weight excluding hydrogens is 222 g/mol. The molecule has 0 aromatic heterocycles. The fourth-order valence-electron chi connectivity index (χ4n) is 3.39. The maximum absolute atomic E-state index is 5.97. The van der Waals surface area contributed by atoms with Gasteiger partial charge in [0.15, 0.2) is 0 Å². The molecule has 3 heteroatoms. The Hall–Kier alpha value is -0.120. The van der Waals surface area contributed by atoms with Crippen molar-refractivity contribution in [2.75, 3.05) is 40.8 Å². The lowest BCUT2D eigenvalue weighted by Crippen LogP contribution is -2.57. The van der Waals surface area contributed by atoms with Crippen LogP contribution in [0.15, 0.2) is 0 Å². The molecule has 1 saturated carbocycles. The van der Waals surface area contributed by atoms with Gasteiger partial charge in [0, 0.05) is 18.6 Å². The summed E-state index contributed by atoms with van der Waals surface area (Å²) in [7, 11) is 6.70. The molecule has 1 aliphatic carbocycles. The van der Waals surface area contributed by atoms with E-state index in [1.54, 1.807) is 0 Å². The van der Waals surface area contributed by atoms with Gasteiger partial charge in [-0.2, -0.15) is 0 Å². The standard InChI is InChI=1S/C15H33N3/c1-6-8-14(2,11-16)12-18(5)13-15(17(3)4)9-7-10-15/h6-13,16H2,1-5H3. The Labute approximate surface area is 114 Å². The molecule has 2 N–H and O–H groups in total. The second-order valence-electron chi connectivity index (χ2n) is 6.91. The van der Waals surface area contributed by atoms with Crippen LogP contribution in [0.25, 0.3) is 0 Å². The molecule has 1 aliphatic rings. The molecule has 0 spiro atoms. The van der Waals surface area contributed by atoms with Crippen molar-refractivity contribution in [3.63, 3.8) is 0 Å². The molecule has 0 aliphatic heterocycles. The van der Waals surface area contributed by atoms with Crippen LogP contribution < -0.4 is 5.73 Å². The van der Waals surface area contributed by atoms with Gasteiger partial charge >= 0.3 is 0 Å². The van der Waals surface area contributed by atoms with Crippen LogP contribution in [-0.2, 0) is 0 Å². The second kappa shape index (κ2) is 6.36. The van der Waals surface area contributed by atoms with E-state index in [1.807, 2.05) is 0 Å². The van der Waals surface area contributed by atoms with Crippen molar-refractivity contribution in [2.45, 2.75) is 51.5 Å². The van der Waals surface area contributed by atoms with Gasteiger partial charge in [0.2, 0.25) is 0 Å². The summed E-state index contributed by atoms with van der Waals surface area (Å²) in [5.41, 5.74) is 6.68. The summed E-state index contributed by atoms with van der Waals surface area (Å²) in [5, 5.41) is 0. The molecule has 0 aromatic rings. The lowest BCUT2D eigenvalue weighted by molar-refractivity contribution is 0.0171. The van der Waals surface area contributed by atoms with Crippen molar-refractivity contribution in [2.24, 2.45) is 11.1 Å². The summed E-state index contributed by atoms with van der Waals surface area (Å²) in [6.07, 6.45) is 6.52. The van der Waals surface area contributed by atoms with Crippen molar-refractivity contribution in [3.05, 3.63) is 0 Å². The Morgan fingerprint density at radius 3 is 2.17 bits per heavy atom. The molecule has 108 valence electrons. The maximum Gasteiger partial charge on any atom is 0.0330 e. The Morgan fingerprint density at radius 2 is 1.83 bits per heavy atom. The third-order valence-electron chi connectivity index (χ3n) is 4.80. The normalized spacial score (nSPS) is 22.0. The summed E-state index contributed by atoms with van der Waals surface area (Å²) >= 11 is 0. The summed E-state index contributed by atoms with van der Waals surface area (Å²) in [5.74, 6) is 0. The molecule has 1 rings (SSSR count). The van der Waals surface area contributed by atoms with E-state index in [2.05, 4.69) is 44.8 Å². The minimum absolute atomic E-state index is 0.279. The number of nitrogens with two attached hydrogens (primary N) is 1. The van der Waals surface area contributed by atoms with Gasteiger partial charge < -0.3 is 15.5 Å². The molecule has 18 heavy (non-hydrogen) atoms. The SMILES string of the molecule is CCCC(C)(CN)CN(C)CC1(N(C)C)CCC1. The zero-order valence-electron chi connectivity index (χ0n) is 13.1. The molecule has 0 heterocycles. The summed E-state index contributed by atoms with van der Waals surface area (Å²) < 4.78 is 0. The first-order chi connectivity index (χ1) is 8.37. The molecule has 0 bridgehead atoms. The monoisotopic (exact) mass is 255 g/mol. The van der Waals surface area contributed by atoms with Crippen molar-refractivity contribution < 1.29 is 0 Å². The van der Waals surface area contributed by atoms with Crippen LogP contribution in [-0.4, -0.2) is 56.1 Å². The van der Waals surface area contributed by atoms with Crippen LogP contribution >= 0.6 is 0 Å². The number of hydrogen-bond donors (Lipinski definition) is 1. The van der Waals surface area contributed by atoms with Crippen molar-refractivity contribution in [1.82, 2.24) is 9.80 Å². The van der Waals surface area contributed by atoms with Gasteiger partial charge in [0.1, 0.15) is 0 Å². The van der Waals surface area contributed by atoms with Crippen molar-refractivity contribution >= 4 is 0 Å². The van der Waals surface area contributed by atoms with Crippen LogP contribution in [0.4, 0.5) is 0 Å². The quantitative estimate of drug-likeness (QED) is 0.721. The molecule has 1 fully saturated rings. The lowest BCUT2D eigenvalue weighted by Gasteiger charge is -2.50. The fraction of sp³-hybridized carbons (Fsp3) is 1.00. The average Bonchev–Trinajstić information content (AvgIpc) is 2.23. The third-order valence-corrected chi connectivity index (χ3v) is 4.80. The van der Waals surface area contributed by atoms with Crippen LogP contribution in [0.1, 0.15) is 46.0 Å². The van der Waals surface area contributed by atoms with E-state index in [4.69, 9.17) is 5.73 Å². The van der Waals surface area contributed by atoms with E-state index in [-0.39, 0.29) is 5.41 Å². The van der Waals surface area contributed by atoms with Gasteiger partial charge in [-0.25, -0.2) is 0 Å². The number of hydrogen-bond acceptors (Lipinski definition) is 3.